The van der Waals surface area contributed by atoms with Crippen LogP contribution in [0.15, 0.2) is 12.3 Å². The molecule has 1 aliphatic heterocycles. The van der Waals surface area contributed by atoms with E-state index in [1.165, 1.54) is 0 Å². The van der Waals surface area contributed by atoms with Crippen LogP contribution in [-0.4, -0.2) is 29.8 Å². The molecule has 1 aromatic rings. The SMILES string of the molecule is OCCCC1CCN(c2ncc(C(F)(F)F)cc2Cl)CC1. The number of nitrogens with zero attached hydrogens (tertiary/aromatic N) is 2. The molecular weight excluding hydrogens is 305 g/mol. The molecule has 1 fully saturated rings. The number of halogens is 4. The molecule has 3 nitrogen and oxygen atoms in total. The topological polar surface area (TPSA) is 36.4 Å². The number of piperidine rings is 1. The van der Waals surface area contributed by atoms with E-state index in [4.69, 9.17) is 16.7 Å². The maximum Gasteiger partial charge on any atom is 0.417 e. The number of aromatic nitrogens is 1. The summed E-state index contributed by atoms with van der Waals surface area (Å²) in [5.41, 5.74) is -0.825. The fraction of sp³-hybridized carbons (Fsp3) is 0.643. The highest BCUT2D eigenvalue weighted by Crippen LogP contribution is 2.34. The average molecular weight is 323 g/mol. The molecule has 0 radical (unpaired) electrons. The first-order valence-electron chi connectivity index (χ1n) is 7.00. The summed E-state index contributed by atoms with van der Waals surface area (Å²) in [6.07, 6.45) is 0.0754. The van der Waals surface area contributed by atoms with Gasteiger partial charge in [-0.05, 0) is 37.7 Å². The van der Waals surface area contributed by atoms with Gasteiger partial charge in [-0.25, -0.2) is 4.98 Å². The number of hydrogen-bond acceptors (Lipinski definition) is 3. The van der Waals surface area contributed by atoms with Crippen molar-refractivity contribution in [3.05, 3.63) is 22.8 Å². The summed E-state index contributed by atoms with van der Waals surface area (Å²) in [7, 11) is 0. The van der Waals surface area contributed by atoms with E-state index >= 15 is 0 Å². The van der Waals surface area contributed by atoms with Crippen LogP contribution in [0, 0.1) is 5.92 Å². The molecule has 0 saturated carbocycles. The number of anilines is 1. The van der Waals surface area contributed by atoms with Crippen molar-refractivity contribution in [1.82, 2.24) is 4.98 Å². The quantitative estimate of drug-likeness (QED) is 0.917. The Kier molecular flexibility index (Phi) is 5.32. The normalized spacial score (nSPS) is 17.3. The molecule has 0 bridgehead atoms. The van der Waals surface area contributed by atoms with Gasteiger partial charge >= 0.3 is 6.18 Å². The number of rotatable bonds is 4. The van der Waals surface area contributed by atoms with Crippen molar-refractivity contribution in [2.24, 2.45) is 5.92 Å². The number of hydrogen-bond donors (Lipinski definition) is 1. The molecule has 1 aliphatic rings. The lowest BCUT2D eigenvalue weighted by molar-refractivity contribution is -0.137. The molecule has 21 heavy (non-hydrogen) atoms. The standard InChI is InChI=1S/C14H18ClF3N2O/c15-12-8-11(14(16,17)18)9-19-13(12)20-5-3-10(4-6-20)2-1-7-21/h8-10,21H,1-7H2. The first-order valence-corrected chi connectivity index (χ1v) is 7.38. The Morgan fingerprint density at radius 1 is 1.33 bits per heavy atom. The Labute approximate surface area is 126 Å². The zero-order valence-electron chi connectivity index (χ0n) is 11.5. The highest BCUT2D eigenvalue weighted by atomic mass is 35.5. The largest absolute Gasteiger partial charge is 0.417 e. The average Bonchev–Trinajstić information content (AvgIpc) is 2.45. The van der Waals surface area contributed by atoms with Gasteiger partial charge in [-0.1, -0.05) is 11.6 Å². The summed E-state index contributed by atoms with van der Waals surface area (Å²) >= 11 is 5.95. The first-order chi connectivity index (χ1) is 9.91. The molecule has 0 atom stereocenters. The van der Waals surface area contributed by atoms with Crippen LogP contribution in [0.25, 0.3) is 0 Å². The Balaban J connectivity index is 2.00. The van der Waals surface area contributed by atoms with Crippen LogP contribution in [0.1, 0.15) is 31.2 Å². The predicted molar refractivity (Wildman–Crippen MR) is 75.5 cm³/mol. The number of aliphatic hydroxyl groups excluding tert-OH is 1. The molecule has 1 N–H and O–H groups in total. The minimum Gasteiger partial charge on any atom is -0.396 e. The Morgan fingerprint density at radius 2 is 2.00 bits per heavy atom. The van der Waals surface area contributed by atoms with Crippen molar-refractivity contribution in [3.8, 4) is 0 Å². The van der Waals surface area contributed by atoms with E-state index in [2.05, 4.69) is 4.98 Å². The Hall–Kier alpha value is -1.01. The lowest BCUT2D eigenvalue weighted by Crippen LogP contribution is -2.34. The van der Waals surface area contributed by atoms with Gasteiger partial charge in [0.1, 0.15) is 5.82 Å². The monoisotopic (exact) mass is 322 g/mol. The van der Waals surface area contributed by atoms with Crippen LogP contribution < -0.4 is 4.90 Å². The predicted octanol–water partition coefficient (Wildman–Crippen LogP) is 3.74. The van der Waals surface area contributed by atoms with Gasteiger partial charge in [0, 0.05) is 25.9 Å². The van der Waals surface area contributed by atoms with Gasteiger partial charge in [-0.15, -0.1) is 0 Å². The van der Waals surface area contributed by atoms with Gasteiger partial charge in [0.2, 0.25) is 0 Å². The summed E-state index contributed by atoms with van der Waals surface area (Å²) in [4.78, 5) is 5.82. The van der Waals surface area contributed by atoms with Crippen LogP contribution in [0.2, 0.25) is 5.02 Å². The van der Waals surface area contributed by atoms with Crippen molar-refractivity contribution >= 4 is 17.4 Å². The lowest BCUT2D eigenvalue weighted by atomic mass is 9.92. The highest BCUT2D eigenvalue weighted by molar-refractivity contribution is 6.33. The summed E-state index contributed by atoms with van der Waals surface area (Å²) in [5, 5.41) is 8.87. The van der Waals surface area contributed by atoms with Gasteiger partial charge in [-0.3, -0.25) is 0 Å². The van der Waals surface area contributed by atoms with E-state index < -0.39 is 11.7 Å². The molecule has 7 heteroatoms. The van der Waals surface area contributed by atoms with Crippen molar-refractivity contribution < 1.29 is 18.3 Å². The van der Waals surface area contributed by atoms with E-state index in [1.807, 2.05) is 4.90 Å². The van der Waals surface area contributed by atoms with Crippen molar-refractivity contribution in [3.63, 3.8) is 0 Å². The van der Waals surface area contributed by atoms with E-state index in [9.17, 15) is 13.2 Å². The molecule has 0 unspecified atom stereocenters. The van der Waals surface area contributed by atoms with E-state index in [-0.39, 0.29) is 11.6 Å². The van der Waals surface area contributed by atoms with Gasteiger partial charge in [0.25, 0.3) is 0 Å². The molecule has 0 aromatic carbocycles. The zero-order valence-corrected chi connectivity index (χ0v) is 12.3. The van der Waals surface area contributed by atoms with Crippen LogP contribution in [0.4, 0.5) is 19.0 Å². The minimum atomic E-state index is -4.42. The summed E-state index contributed by atoms with van der Waals surface area (Å²) < 4.78 is 37.7. The third-order valence-electron chi connectivity index (χ3n) is 3.83. The fourth-order valence-electron chi connectivity index (χ4n) is 2.63. The Bertz CT molecular complexity index is 474. The van der Waals surface area contributed by atoms with E-state index in [0.29, 0.717) is 11.7 Å². The summed E-state index contributed by atoms with van der Waals surface area (Å²) in [5.74, 6) is 0.979. The minimum absolute atomic E-state index is 0.0404. The number of pyridine rings is 1. The first kappa shape index (κ1) is 16.4. The van der Waals surface area contributed by atoms with Crippen molar-refractivity contribution in [2.45, 2.75) is 31.9 Å². The third kappa shape index (κ3) is 4.23. The molecule has 118 valence electrons. The van der Waals surface area contributed by atoms with Crippen molar-refractivity contribution in [2.75, 3.05) is 24.6 Å². The number of aliphatic hydroxyl groups is 1. The third-order valence-corrected chi connectivity index (χ3v) is 4.11. The molecule has 2 heterocycles. The second-order valence-electron chi connectivity index (χ2n) is 5.32. The lowest BCUT2D eigenvalue weighted by Gasteiger charge is -2.33. The maximum atomic E-state index is 12.6. The van der Waals surface area contributed by atoms with Crippen LogP contribution in [0.3, 0.4) is 0 Å². The van der Waals surface area contributed by atoms with Crippen LogP contribution in [-0.2, 0) is 6.18 Å². The van der Waals surface area contributed by atoms with Gasteiger partial charge in [0.05, 0.1) is 10.6 Å². The van der Waals surface area contributed by atoms with E-state index in [1.54, 1.807) is 0 Å². The van der Waals surface area contributed by atoms with Crippen LogP contribution in [0.5, 0.6) is 0 Å². The molecule has 0 spiro atoms. The smallest absolute Gasteiger partial charge is 0.396 e. The second-order valence-corrected chi connectivity index (χ2v) is 5.73. The summed E-state index contributed by atoms with van der Waals surface area (Å²) in [6.45, 7) is 1.66. The Morgan fingerprint density at radius 3 is 2.52 bits per heavy atom. The molecular formula is C14H18ClF3N2O. The van der Waals surface area contributed by atoms with Gasteiger partial charge < -0.3 is 10.0 Å². The van der Waals surface area contributed by atoms with Gasteiger partial charge in [0.15, 0.2) is 0 Å². The molecule has 1 saturated heterocycles. The molecule has 0 amide bonds. The highest BCUT2D eigenvalue weighted by Gasteiger charge is 2.32. The molecule has 1 aromatic heterocycles. The summed E-state index contributed by atoms with van der Waals surface area (Å²) in [6, 6.07) is 0.932. The fourth-order valence-corrected chi connectivity index (χ4v) is 2.92. The van der Waals surface area contributed by atoms with Gasteiger partial charge in [-0.2, -0.15) is 13.2 Å². The maximum absolute atomic E-state index is 12.6. The second kappa shape index (κ2) is 6.83. The van der Waals surface area contributed by atoms with Crippen molar-refractivity contribution in [1.29, 1.82) is 0 Å². The molecule has 2 rings (SSSR count). The van der Waals surface area contributed by atoms with E-state index in [0.717, 1.165) is 51.0 Å². The number of alkyl halides is 3. The molecule has 0 aliphatic carbocycles. The zero-order chi connectivity index (χ0) is 15.5. The van der Waals surface area contributed by atoms with Crippen LogP contribution >= 0.6 is 11.6 Å².